The standard InChI is InChI=1S/C6H8ClN5O/c7-4-5(9)11-2-12-6(4)10-1-3(8)13/h2H,1H2,(H2,8,13)(H3,9,10,11,12). The van der Waals surface area contributed by atoms with Crippen LogP contribution in [0.1, 0.15) is 0 Å². The summed E-state index contributed by atoms with van der Waals surface area (Å²) >= 11 is 5.71. The zero-order valence-corrected chi connectivity index (χ0v) is 7.38. The first kappa shape index (κ1) is 9.53. The minimum absolute atomic E-state index is 0.0455. The van der Waals surface area contributed by atoms with Crippen LogP contribution in [-0.2, 0) is 4.79 Å². The van der Waals surface area contributed by atoms with Gasteiger partial charge in [-0.1, -0.05) is 11.6 Å². The van der Waals surface area contributed by atoms with Gasteiger partial charge < -0.3 is 16.8 Å². The lowest BCUT2D eigenvalue weighted by molar-refractivity contribution is -0.116. The van der Waals surface area contributed by atoms with Crippen molar-refractivity contribution in [3.05, 3.63) is 11.3 Å². The number of carbonyl (C=O) groups is 1. The maximum Gasteiger partial charge on any atom is 0.236 e. The van der Waals surface area contributed by atoms with Crippen LogP contribution in [-0.4, -0.2) is 22.4 Å². The Morgan fingerprint density at radius 2 is 2.31 bits per heavy atom. The van der Waals surface area contributed by atoms with Gasteiger partial charge in [0.2, 0.25) is 5.91 Å². The quantitative estimate of drug-likeness (QED) is 0.618. The predicted molar refractivity (Wildman–Crippen MR) is 49.1 cm³/mol. The fourth-order valence-electron chi connectivity index (χ4n) is 0.678. The van der Waals surface area contributed by atoms with Gasteiger partial charge in [-0.25, -0.2) is 9.97 Å². The second-order valence-electron chi connectivity index (χ2n) is 2.24. The van der Waals surface area contributed by atoms with Gasteiger partial charge in [0.15, 0.2) is 5.82 Å². The maximum atomic E-state index is 10.4. The summed E-state index contributed by atoms with van der Waals surface area (Å²) in [6.45, 7) is -0.0455. The lowest BCUT2D eigenvalue weighted by Crippen LogP contribution is -2.22. The van der Waals surface area contributed by atoms with Crippen LogP contribution in [0.15, 0.2) is 6.33 Å². The third kappa shape index (κ3) is 2.45. The average molecular weight is 202 g/mol. The first-order valence-corrected chi connectivity index (χ1v) is 3.77. The minimum atomic E-state index is -0.506. The molecule has 0 unspecified atom stereocenters. The van der Waals surface area contributed by atoms with E-state index in [-0.39, 0.29) is 17.4 Å². The number of anilines is 2. The summed E-state index contributed by atoms with van der Waals surface area (Å²) in [5, 5.41) is 2.80. The predicted octanol–water partition coefficient (Wildman–Crippen LogP) is -0.391. The molecule has 1 aromatic heterocycles. The largest absolute Gasteiger partial charge is 0.382 e. The first-order chi connectivity index (χ1) is 6.11. The van der Waals surface area contributed by atoms with Gasteiger partial charge in [-0.15, -0.1) is 0 Å². The van der Waals surface area contributed by atoms with Crippen molar-refractivity contribution in [2.75, 3.05) is 17.6 Å². The van der Waals surface area contributed by atoms with Crippen molar-refractivity contribution in [1.29, 1.82) is 0 Å². The summed E-state index contributed by atoms with van der Waals surface area (Å²) < 4.78 is 0. The van der Waals surface area contributed by atoms with E-state index in [4.69, 9.17) is 23.1 Å². The number of aromatic nitrogens is 2. The lowest BCUT2D eigenvalue weighted by Gasteiger charge is -2.05. The van der Waals surface area contributed by atoms with Crippen LogP contribution in [0.3, 0.4) is 0 Å². The smallest absolute Gasteiger partial charge is 0.236 e. The van der Waals surface area contributed by atoms with E-state index < -0.39 is 5.91 Å². The van der Waals surface area contributed by atoms with Crippen LogP contribution in [0.4, 0.5) is 11.6 Å². The van der Waals surface area contributed by atoms with Crippen molar-refractivity contribution in [2.45, 2.75) is 0 Å². The summed E-state index contributed by atoms with van der Waals surface area (Å²) in [7, 11) is 0. The zero-order valence-electron chi connectivity index (χ0n) is 6.62. The molecule has 0 saturated heterocycles. The lowest BCUT2D eigenvalue weighted by atomic mass is 10.5. The number of halogens is 1. The van der Waals surface area contributed by atoms with E-state index in [0.29, 0.717) is 5.82 Å². The molecule has 0 atom stereocenters. The molecule has 1 aromatic rings. The van der Waals surface area contributed by atoms with E-state index in [0.717, 1.165) is 0 Å². The average Bonchev–Trinajstić information content (AvgIpc) is 2.07. The number of rotatable bonds is 3. The highest BCUT2D eigenvalue weighted by Gasteiger charge is 2.05. The van der Waals surface area contributed by atoms with Crippen LogP contribution >= 0.6 is 11.6 Å². The Hall–Kier alpha value is -1.56. The second kappa shape index (κ2) is 3.90. The number of carbonyl (C=O) groups excluding carboxylic acids is 1. The summed E-state index contributed by atoms with van der Waals surface area (Å²) in [5.41, 5.74) is 10.3. The molecule has 7 heteroatoms. The number of hydrogen-bond acceptors (Lipinski definition) is 5. The van der Waals surface area contributed by atoms with Gasteiger partial charge in [0, 0.05) is 0 Å². The molecular formula is C6H8ClN5O. The monoisotopic (exact) mass is 201 g/mol. The zero-order chi connectivity index (χ0) is 9.84. The third-order valence-corrected chi connectivity index (χ3v) is 1.62. The molecule has 0 bridgehead atoms. The van der Waals surface area contributed by atoms with E-state index in [2.05, 4.69) is 15.3 Å². The number of hydrogen-bond donors (Lipinski definition) is 3. The van der Waals surface area contributed by atoms with Gasteiger partial charge in [-0.05, 0) is 0 Å². The number of nitrogens with one attached hydrogen (secondary N) is 1. The molecule has 0 aliphatic carbocycles. The second-order valence-corrected chi connectivity index (χ2v) is 2.62. The molecule has 0 aliphatic heterocycles. The topological polar surface area (TPSA) is 107 Å². The molecule has 1 heterocycles. The van der Waals surface area contributed by atoms with Gasteiger partial charge in [-0.2, -0.15) is 0 Å². The molecule has 0 saturated carbocycles. The Morgan fingerprint density at radius 1 is 1.62 bits per heavy atom. The van der Waals surface area contributed by atoms with Gasteiger partial charge in [-0.3, -0.25) is 4.79 Å². The van der Waals surface area contributed by atoms with E-state index >= 15 is 0 Å². The Labute approximate surface area is 79.3 Å². The van der Waals surface area contributed by atoms with Crippen LogP contribution in [0, 0.1) is 0 Å². The molecule has 1 amide bonds. The molecule has 70 valence electrons. The Morgan fingerprint density at radius 3 is 2.92 bits per heavy atom. The summed E-state index contributed by atoms with van der Waals surface area (Å²) in [6.07, 6.45) is 1.24. The Bertz CT molecular complexity index is 329. The molecular weight excluding hydrogens is 194 g/mol. The molecule has 0 aliphatic rings. The van der Waals surface area contributed by atoms with Crippen molar-refractivity contribution in [3.8, 4) is 0 Å². The van der Waals surface area contributed by atoms with Crippen molar-refractivity contribution in [2.24, 2.45) is 5.73 Å². The van der Waals surface area contributed by atoms with E-state index in [9.17, 15) is 4.79 Å². The molecule has 6 nitrogen and oxygen atoms in total. The van der Waals surface area contributed by atoms with Crippen molar-refractivity contribution < 1.29 is 4.79 Å². The van der Waals surface area contributed by atoms with E-state index in [1.807, 2.05) is 0 Å². The fraction of sp³-hybridized carbons (Fsp3) is 0.167. The van der Waals surface area contributed by atoms with Crippen molar-refractivity contribution >= 4 is 29.1 Å². The maximum absolute atomic E-state index is 10.4. The highest BCUT2D eigenvalue weighted by Crippen LogP contribution is 2.22. The number of amides is 1. The summed E-state index contributed by atoms with van der Waals surface area (Å²) in [4.78, 5) is 17.8. The number of nitrogens with zero attached hydrogens (tertiary/aromatic N) is 2. The highest BCUT2D eigenvalue weighted by atomic mass is 35.5. The first-order valence-electron chi connectivity index (χ1n) is 3.39. The van der Waals surface area contributed by atoms with Crippen molar-refractivity contribution in [1.82, 2.24) is 9.97 Å². The molecule has 0 fully saturated rings. The molecule has 0 radical (unpaired) electrons. The number of nitrogen functional groups attached to an aromatic ring is 1. The summed E-state index contributed by atoms with van der Waals surface area (Å²) in [5.74, 6) is -0.0511. The molecule has 5 N–H and O–H groups in total. The van der Waals surface area contributed by atoms with Gasteiger partial charge >= 0.3 is 0 Å². The minimum Gasteiger partial charge on any atom is -0.382 e. The molecule has 13 heavy (non-hydrogen) atoms. The molecule has 0 aromatic carbocycles. The Kier molecular flexibility index (Phi) is 2.86. The SMILES string of the molecule is NC(=O)CNc1ncnc(N)c1Cl. The third-order valence-electron chi connectivity index (χ3n) is 1.25. The highest BCUT2D eigenvalue weighted by molar-refractivity contribution is 6.35. The van der Waals surface area contributed by atoms with Crippen LogP contribution in [0.25, 0.3) is 0 Å². The molecule has 0 spiro atoms. The normalized spacial score (nSPS) is 9.62. The van der Waals surface area contributed by atoms with E-state index in [1.165, 1.54) is 6.33 Å². The van der Waals surface area contributed by atoms with Gasteiger partial charge in [0.1, 0.15) is 17.2 Å². The number of nitrogens with two attached hydrogens (primary N) is 2. The van der Waals surface area contributed by atoms with Crippen LogP contribution in [0.5, 0.6) is 0 Å². The summed E-state index contributed by atoms with van der Waals surface area (Å²) in [6, 6.07) is 0. The molecule has 1 rings (SSSR count). The van der Waals surface area contributed by atoms with Crippen molar-refractivity contribution in [3.63, 3.8) is 0 Å². The van der Waals surface area contributed by atoms with E-state index in [1.54, 1.807) is 0 Å². The van der Waals surface area contributed by atoms with Gasteiger partial charge in [0.25, 0.3) is 0 Å². The fourth-order valence-corrected chi connectivity index (χ4v) is 0.842. The van der Waals surface area contributed by atoms with Crippen LogP contribution < -0.4 is 16.8 Å². The van der Waals surface area contributed by atoms with Crippen LogP contribution in [0.2, 0.25) is 5.02 Å². The Balaban J connectivity index is 2.77. The number of primary amides is 1. The van der Waals surface area contributed by atoms with Gasteiger partial charge in [0.05, 0.1) is 6.54 Å².